The zero-order valence-corrected chi connectivity index (χ0v) is 20.4. The molecule has 0 saturated carbocycles. The molecule has 0 spiro atoms. The van der Waals surface area contributed by atoms with Gasteiger partial charge in [0.2, 0.25) is 0 Å². The number of hydrogen-bond donors (Lipinski definition) is 0. The number of para-hydroxylation sites is 1. The third-order valence-corrected chi connectivity index (χ3v) is 6.52. The van der Waals surface area contributed by atoms with Gasteiger partial charge in [0.25, 0.3) is 0 Å². The van der Waals surface area contributed by atoms with Crippen LogP contribution in [0.4, 0.5) is 0 Å². The normalized spacial score (nSPS) is 15.2. The van der Waals surface area contributed by atoms with Crippen LogP contribution in [0.2, 0.25) is 0 Å². The molecule has 1 fully saturated rings. The fourth-order valence-electron chi connectivity index (χ4n) is 4.69. The Morgan fingerprint density at radius 3 is 2.40 bits per heavy atom. The molecule has 0 atom stereocenters. The van der Waals surface area contributed by atoms with Crippen molar-refractivity contribution >= 4 is 5.97 Å². The van der Waals surface area contributed by atoms with Crippen molar-refractivity contribution in [3.05, 3.63) is 83.6 Å². The van der Waals surface area contributed by atoms with Crippen molar-refractivity contribution in [2.24, 2.45) is 0 Å². The Balaban J connectivity index is 1.66. The van der Waals surface area contributed by atoms with Crippen LogP contribution in [0.1, 0.15) is 48.3 Å². The smallest absolute Gasteiger partial charge is 0.357 e. The highest BCUT2D eigenvalue weighted by atomic mass is 16.5. The Kier molecular flexibility index (Phi) is 7.79. The number of nitrogens with zero attached hydrogens (tertiary/aromatic N) is 3. The first-order chi connectivity index (χ1) is 17.1. The molecular weight excluding hydrogens is 438 g/mol. The number of piperidine rings is 1. The standard InChI is InChI=1S/C29H31N3O3/c1-3-34-26-13-9-8-12-23(26)25-15-14-24(27(31-25)28(33)35-4-2)29(21-30)16-18-32(19-17-29)20-22-10-6-5-7-11-22/h5-15H,3-4,16-20H2,1-2H3. The largest absolute Gasteiger partial charge is 0.493 e. The Morgan fingerprint density at radius 1 is 1.00 bits per heavy atom. The zero-order chi connectivity index (χ0) is 24.7. The molecule has 0 radical (unpaired) electrons. The van der Waals surface area contributed by atoms with E-state index in [1.807, 2.05) is 61.5 Å². The first-order valence-electron chi connectivity index (χ1n) is 12.2. The average molecular weight is 470 g/mol. The van der Waals surface area contributed by atoms with Crippen LogP contribution in [-0.4, -0.2) is 42.2 Å². The van der Waals surface area contributed by atoms with Gasteiger partial charge in [-0.05, 0) is 50.5 Å². The van der Waals surface area contributed by atoms with Gasteiger partial charge in [0.05, 0.1) is 30.4 Å². The Morgan fingerprint density at radius 2 is 1.71 bits per heavy atom. The van der Waals surface area contributed by atoms with E-state index in [1.54, 1.807) is 6.92 Å². The number of aromatic nitrogens is 1. The van der Waals surface area contributed by atoms with Crippen molar-refractivity contribution in [2.75, 3.05) is 26.3 Å². The first kappa shape index (κ1) is 24.4. The van der Waals surface area contributed by atoms with Crippen LogP contribution in [0, 0.1) is 11.3 Å². The van der Waals surface area contributed by atoms with Gasteiger partial charge in [-0.15, -0.1) is 0 Å². The van der Waals surface area contributed by atoms with Crippen molar-refractivity contribution in [1.82, 2.24) is 9.88 Å². The molecule has 1 aliphatic rings. The summed E-state index contributed by atoms with van der Waals surface area (Å²) in [6, 6.07) is 24.3. The number of nitriles is 1. The lowest BCUT2D eigenvalue weighted by molar-refractivity contribution is 0.0515. The van der Waals surface area contributed by atoms with Crippen LogP contribution >= 0.6 is 0 Å². The second-order valence-electron chi connectivity index (χ2n) is 8.70. The summed E-state index contributed by atoms with van der Waals surface area (Å²) in [5.41, 5.74) is 2.75. The number of carbonyl (C=O) groups excluding carboxylic acids is 1. The summed E-state index contributed by atoms with van der Waals surface area (Å²) < 4.78 is 11.1. The van der Waals surface area contributed by atoms with Crippen LogP contribution in [0.25, 0.3) is 11.3 Å². The lowest BCUT2D eigenvalue weighted by Crippen LogP contribution is -2.42. The van der Waals surface area contributed by atoms with Crippen molar-refractivity contribution in [1.29, 1.82) is 5.26 Å². The fraction of sp³-hybridized carbons (Fsp3) is 0.345. The highest BCUT2D eigenvalue weighted by Gasteiger charge is 2.40. The van der Waals surface area contributed by atoms with E-state index in [4.69, 9.17) is 14.5 Å². The maximum Gasteiger partial charge on any atom is 0.357 e. The van der Waals surface area contributed by atoms with Crippen molar-refractivity contribution < 1.29 is 14.3 Å². The minimum Gasteiger partial charge on any atom is -0.493 e. The third-order valence-electron chi connectivity index (χ3n) is 6.52. The van der Waals surface area contributed by atoms with Gasteiger partial charge in [-0.3, -0.25) is 4.90 Å². The molecule has 3 aromatic rings. The lowest BCUT2D eigenvalue weighted by atomic mass is 9.73. The van der Waals surface area contributed by atoms with Gasteiger partial charge in [0.15, 0.2) is 5.69 Å². The Hall–Kier alpha value is -3.69. The minimum atomic E-state index is -0.791. The first-order valence-corrected chi connectivity index (χ1v) is 12.2. The summed E-state index contributed by atoms with van der Waals surface area (Å²) in [6.45, 7) is 6.84. The van der Waals surface area contributed by atoms with Crippen LogP contribution in [0.15, 0.2) is 66.7 Å². The summed E-state index contributed by atoms with van der Waals surface area (Å²) in [5.74, 6) is 0.203. The van der Waals surface area contributed by atoms with E-state index in [9.17, 15) is 10.1 Å². The van der Waals surface area contributed by atoms with E-state index in [0.29, 0.717) is 36.5 Å². The predicted molar refractivity (Wildman–Crippen MR) is 135 cm³/mol. The van der Waals surface area contributed by atoms with Gasteiger partial charge in [-0.25, -0.2) is 9.78 Å². The van der Waals surface area contributed by atoms with Crippen molar-refractivity contribution in [3.63, 3.8) is 0 Å². The minimum absolute atomic E-state index is 0.216. The lowest BCUT2D eigenvalue weighted by Gasteiger charge is -2.38. The predicted octanol–water partition coefficient (Wildman–Crippen LogP) is 5.38. The van der Waals surface area contributed by atoms with Crippen LogP contribution in [0.5, 0.6) is 5.75 Å². The molecule has 6 nitrogen and oxygen atoms in total. The van der Waals surface area contributed by atoms with Gasteiger partial charge in [0.1, 0.15) is 5.75 Å². The molecule has 0 N–H and O–H groups in total. The molecule has 180 valence electrons. The van der Waals surface area contributed by atoms with E-state index in [1.165, 1.54) is 5.56 Å². The van der Waals surface area contributed by atoms with Gasteiger partial charge in [-0.1, -0.05) is 48.5 Å². The molecule has 1 aromatic heterocycles. The van der Waals surface area contributed by atoms with E-state index in [-0.39, 0.29) is 12.3 Å². The van der Waals surface area contributed by atoms with Crippen molar-refractivity contribution in [3.8, 4) is 23.1 Å². The second kappa shape index (κ2) is 11.2. The Bertz CT molecular complexity index is 1200. The molecule has 0 aliphatic carbocycles. The van der Waals surface area contributed by atoms with Gasteiger partial charge < -0.3 is 9.47 Å². The number of benzene rings is 2. The van der Waals surface area contributed by atoms with Gasteiger partial charge in [-0.2, -0.15) is 5.26 Å². The molecule has 2 aromatic carbocycles. The number of likely N-dealkylation sites (tertiary alicyclic amines) is 1. The molecule has 0 bridgehead atoms. The summed E-state index contributed by atoms with van der Waals surface area (Å²) >= 11 is 0. The summed E-state index contributed by atoms with van der Waals surface area (Å²) in [6.07, 6.45) is 1.25. The molecule has 1 aliphatic heterocycles. The van der Waals surface area contributed by atoms with E-state index in [2.05, 4.69) is 23.1 Å². The Labute approximate surface area is 207 Å². The summed E-state index contributed by atoms with van der Waals surface area (Å²) in [7, 11) is 0. The number of carbonyl (C=O) groups is 1. The number of rotatable bonds is 8. The molecule has 2 heterocycles. The fourth-order valence-corrected chi connectivity index (χ4v) is 4.69. The topological polar surface area (TPSA) is 75.5 Å². The van der Waals surface area contributed by atoms with E-state index >= 15 is 0 Å². The monoisotopic (exact) mass is 469 g/mol. The maximum absolute atomic E-state index is 13.0. The highest BCUT2D eigenvalue weighted by molar-refractivity contribution is 5.90. The quantitative estimate of drug-likeness (QED) is 0.412. The SMILES string of the molecule is CCOC(=O)c1nc(-c2ccccc2OCC)ccc1C1(C#N)CCN(Cc2ccccc2)CC1. The maximum atomic E-state index is 13.0. The van der Waals surface area contributed by atoms with Crippen LogP contribution in [-0.2, 0) is 16.7 Å². The van der Waals surface area contributed by atoms with Crippen LogP contribution in [0.3, 0.4) is 0 Å². The van der Waals surface area contributed by atoms with E-state index < -0.39 is 11.4 Å². The summed E-state index contributed by atoms with van der Waals surface area (Å²) in [5, 5.41) is 10.3. The molecule has 4 rings (SSSR count). The number of pyridine rings is 1. The molecule has 35 heavy (non-hydrogen) atoms. The number of hydrogen-bond acceptors (Lipinski definition) is 6. The van der Waals surface area contributed by atoms with Gasteiger partial charge >= 0.3 is 5.97 Å². The number of ether oxygens (including phenoxy) is 2. The van der Waals surface area contributed by atoms with Gasteiger partial charge in [0, 0.05) is 30.8 Å². The molecule has 1 saturated heterocycles. The zero-order valence-electron chi connectivity index (χ0n) is 20.4. The number of esters is 1. The van der Waals surface area contributed by atoms with Crippen LogP contribution < -0.4 is 4.74 Å². The molecule has 6 heteroatoms. The van der Waals surface area contributed by atoms with Crippen molar-refractivity contribution in [2.45, 2.75) is 38.6 Å². The molecular formula is C29H31N3O3. The summed E-state index contributed by atoms with van der Waals surface area (Å²) in [4.78, 5) is 20.1. The molecule has 0 amide bonds. The van der Waals surface area contributed by atoms with E-state index in [0.717, 1.165) is 25.2 Å². The third kappa shape index (κ3) is 5.36. The highest BCUT2D eigenvalue weighted by Crippen LogP contribution is 2.39. The average Bonchev–Trinajstić information content (AvgIpc) is 2.90. The molecule has 0 unspecified atom stereocenters. The second-order valence-corrected chi connectivity index (χ2v) is 8.70.